The number of anilines is 1. The minimum absolute atomic E-state index is 0.0975. The summed E-state index contributed by atoms with van der Waals surface area (Å²) in [6, 6.07) is 3.62. The van der Waals surface area contributed by atoms with E-state index in [2.05, 4.69) is 18.8 Å². The number of nitrogens with zero attached hydrogens (tertiary/aromatic N) is 2. The maximum Gasteiger partial charge on any atom is 0.356 e. The van der Waals surface area contributed by atoms with Gasteiger partial charge in [0.15, 0.2) is 5.69 Å². The van der Waals surface area contributed by atoms with Crippen molar-refractivity contribution in [3.05, 3.63) is 22.8 Å². The molecule has 1 N–H and O–H groups in total. The molecule has 0 aliphatic heterocycles. The van der Waals surface area contributed by atoms with E-state index in [-0.39, 0.29) is 10.7 Å². The van der Waals surface area contributed by atoms with Crippen LogP contribution in [0.5, 0.6) is 0 Å². The maximum absolute atomic E-state index is 10.9. The van der Waals surface area contributed by atoms with Crippen LogP contribution >= 0.6 is 11.6 Å². The molecule has 0 saturated heterocycles. The van der Waals surface area contributed by atoms with Gasteiger partial charge < -0.3 is 10.0 Å². The van der Waals surface area contributed by atoms with E-state index in [9.17, 15) is 4.79 Å². The molecule has 0 spiro atoms. The zero-order valence-corrected chi connectivity index (χ0v) is 11.0. The number of carbonyl (C=O) groups is 1. The number of pyridine rings is 1. The normalized spacial score (nSPS) is 12.2. The fraction of sp³-hybridized carbons (Fsp3) is 0.500. The first-order valence-electron chi connectivity index (χ1n) is 5.60. The molecule has 4 nitrogen and oxygen atoms in total. The Balaban J connectivity index is 2.99. The van der Waals surface area contributed by atoms with Crippen LogP contribution in [0.3, 0.4) is 0 Å². The molecular weight excluding hydrogens is 240 g/mol. The summed E-state index contributed by atoms with van der Waals surface area (Å²) >= 11 is 5.77. The van der Waals surface area contributed by atoms with Crippen LogP contribution in [0.4, 0.5) is 5.82 Å². The number of rotatable bonds is 5. The van der Waals surface area contributed by atoms with Crippen molar-refractivity contribution in [3.8, 4) is 0 Å². The van der Waals surface area contributed by atoms with Crippen LogP contribution in [0.1, 0.15) is 37.2 Å². The summed E-state index contributed by atoms with van der Waals surface area (Å²) in [6.45, 7) is 4.20. The molecule has 5 heteroatoms. The van der Waals surface area contributed by atoms with E-state index in [0.717, 1.165) is 12.8 Å². The number of hydrogen-bond acceptors (Lipinski definition) is 3. The fourth-order valence-corrected chi connectivity index (χ4v) is 1.80. The number of halogens is 1. The van der Waals surface area contributed by atoms with Crippen molar-refractivity contribution >= 4 is 23.4 Å². The smallest absolute Gasteiger partial charge is 0.356 e. The third kappa shape index (κ3) is 3.33. The standard InChI is InChI=1S/C12H17ClN2O2/c1-4-5-8(2)15(3)10-7-6-9(13)11(14-10)12(16)17/h6-8H,4-5H2,1-3H3,(H,16,17). The molecule has 0 aliphatic carbocycles. The number of carboxylic acids is 1. The Hall–Kier alpha value is -1.29. The highest BCUT2D eigenvalue weighted by Crippen LogP contribution is 2.20. The van der Waals surface area contributed by atoms with E-state index < -0.39 is 5.97 Å². The Morgan fingerprint density at radius 3 is 2.76 bits per heavy atom. The van der Waals surface area contributed by atoms with Crippen molar-refractivity contribution in [2.24, 2.45) is 0 Å². The first kappa shape index (κ1) is 13.8. The monoisotopic (exact) mass is 256 g/mol. The second-order valence-electron chi connectivity index (χ2n) is 4.05. The zero-order valence-electron chi connectivity index (χ0n) is 10.3. The highest BCUT2D eigenvalue weighted by Gasteiger charge is 2.15. The van der Waals surface area contributed by atoms with Crippen LogP contribution in [0.25, 0.3) is 0 Å². The molecule has 0 bridgehead atoms. The van der Waals surface area contributed by atoms with E-state index >= 15 is 0 Å². The lowest BCUT2D eigenvalue weighted by Gasteiger charge is -2.25. The summed E-state index contributed by atoms with van der Waals surface area (Å²) in [5, 5.41) is 9.11. The number of hydrogen-bond donors (Lipinski definition) is 1. The fourth-order valence-electron chi connectivity index (χ4n) is 1.62. The van der Waals surface area contributed by atoms with Gasteiger partial charge >= 0.3 is 5.97 Å². The predicted octanol–water partition coefficient (Wildman–Crippen LogP) is 3.06. The molecule has 1 aromatic heterocycles. The minimum atomic E-state index is -1.10. The minimum Gasteiger partial charge on any atom is -0.476 e. The molecule has 1 heterocycles. The Labute approximate surface area is 106 Å². The Kier molecular flexibility index (Phi) is 4.75. The lowest BCUT2D eigenvalue weighted by atomic mass is 10.2. The van der Waals surface area contributed by atoms with Gasteiger partial charge in [-0.15, -0.1) is 0 Å². The van der Waals surface area contributed by atoms with Gasteiger partial charge in [0, 0.05) is 13.1 Å². The summed E-state index contributed by atoms with van der Waals surface area (Å²) in [4.78, 5) is 17.0. The van der Waals surface area contributed by atoms with E-state index in [4.69, 9.17) is 16.7 Å². The third-order valence-corrected chi connectivity index (χ3v) is 3.07. The molecular formula is C12H17ClN2O2. The van der Waals surface area contributed by atoms with Crippen molar-refractivity contribution < 1.29 is 9.90 Å². The molecule has 1 aromatic rings. The van der Waals surface area contributed by atoms with Crippen LogP contribution < -0.4 is 4.90 Å². The first-order chi connectivity index (χ1) is 7.97. The van der Waals surface area contributed by atoms with Crippen molar-refractivity contribution in [1.29, 1.82) is 0 Å². The average molecular weight is 257 g/mol. The molecule has 0 radical (unpaired) electrons. The van der Waals surface area contributed by atoms with Gasteiger partial charge in [0.05, 0.1) is 5.02 Å². The summed E-state index contributed by atoms with van der Waals surface area (Å²) < 4.78 is 0. The van der Waals surface area contributed by atoms with Crippen LogP contribution in [-0.2, 0) is 0 Å². The second kappa shape index (κ2) is 5.87. The van der Waals surface area contributed by atoms with Gasteiger partial charge in [-0.1, -0.05) is 24.9 Å². The highest BCUT2D eigenvalue weighted by atomic mass is 35.5. The Morgan fingerprint density at radius 2 is 2.24 bits per heavy atom. The second-order valence-corrected chi connectivity index (χ2v) is 4.46. The highest BCUT2D eigenvalue weighted by molar-refractivity contribution is 6.33. The van der Waals surface area contributed by atoms with E-state index in [0.29, 0.717) is 11.9 Å². The molecule has 0 amide bonds. The van der Waals surface area contributed by atoms with Gasteiger partial charge in [0.1, 0.15) is 5.82 Å². The van der Waals surface area contributed by atoms with Gasteiger partial charge in [-0.25, -0.2) is 9.78 Å². The number of aromatic nitrogens is 1. The van der Waals surface area contributed by atoms with Gasteiger partial charge in [0.25, 0.3) is 0 Å². The molecule has 1 atom stereocenters. The Bertz CT molecular complexity index is 409. The molecule has 1 rings (SSSR count). The maximum atomic E-state index is 10.9. The van der Waals surface area contributed by atoms with E-state index in [1.54, 1.807) is 12.1 Å². The van der Waals surface area contributed by atoms with Crippen molar-refractivity contribution in [1.82, 2.24) is 4.98 Å². The lowest BCUT2D eigenvalue weighted by molar-refractivity contribution is 0.0691. The van der Waals surface area contributed by atoms with Crippen molar-refractivity contribution in [3.63, 3.8) is 0 Å². The summed E-state index contributed by atoms with van der Waals surface area (Å²) in [5.74, 6) is -0.471. The van der Waals surface area contributed by atoms with E-state index in [1.807, 2.05) is 11.9 Å². The van der Waals surface area contributed by atoms with Crippen LogP contribution in [0.15, 0.2) is 12.1 Å². The topological polar surface area (TPSA) is 53.4 Å². The predicted molar refractivity (Wildman–Crippen MR) is 69.0 cm³/mol. The molecule has 0 fully saturated rings. The molecule has 0 saturated carbocycles. The van der Waals surface area contributed by atoms with E-state index in [1.165, 1.54) is 0 Å². The summed E-state index contributed by atoms with van der Waals surface area (Å²) in [6.07, 6.45) is 2.11. The lowest BCUT2D eigenvalue weighted by Crippen LogP contribution is -2.29. The largest absolute Gasteiger partial charge is 0.476 e. The first-order valence-corrected chi connectivity index (χ1v) is 5.97. The molecule has 17 heavy (non-hydrogen) atoms. The molecule has 0 aliphatic rings. The quantitative estimate of drug-likeness (QED) is 0.880. The van der Waals surface area contributed by atoms with Gasteiger partial charge in [-0.3, -0.25) is 0 Å². The van der Waals surface area contributed by atoms with Crippen molar-refractivity contribution in [2.75, 3.05) is 11.9 Å². The number of carboxylic acid groups (broad SMARTS) is 1. The average Bonchev–Trinajstić information content (AvgIpc) is 2.28. The van der Waals surface area contributed by atoms with Crippen LogP contribution in [-0.4, -0.2) is 29.1 Å². The van der Waals surface area contributed by atoms with Crippen molar-refractivity contribution in [2.45, 2.75) is 32.7 Å². The summed E-state index contributed by atoms with van der Waals surface area (Å²) in [7, 11) is 1.90. The Morgan fingerprint density at radius 1 is 1.59 bits per heavy atom. The van der Waals surface area contributed by atoms with Gasteiger partial charge in [-0.2, -0.15) is 0 Å². The van der Waals surface area contributed by atoms with Gasteiger partial charge in [-0.05, 0) is 25.5 Å². The number of aromatic carboxylic acids is 1. The van der Waals surface area contributed by atoms with Crippen LogP contribution in [0.2, 0.25) is 5.02 Å². The molecule has 0 aromatic carbocycles. The molecule has 1 unspecified atom stereocenters. The SMILES string of the molecule is CCCC(C)N(C)c1ccc(Cl)c(C(=O)O)n1. The zero-order chi connectivity index (χ0) is 13.0. The van der Waals surface area contributed by atoms with Crippen LogP contribution in [0, 0.1) is 0 Å². The third-order valence-electron chi connectivity index (χ3n) is 2.76. The summed E-state index contributed by atoms with van der Waals surface area (Å²) in [5.41, 5.74) is -0.0975. The molecule has 94 valence electrons. The van der Waals surface area contributed by atoms with Gasteiger partial charge in [0.2, 0.25) is 0 Å².